The van der Waals surface area contributed by atoms with Crippen molar-refractivity contribution in [3.8, 4) is 0 Å². The molecular weight excluding hydrogens is 212 g/mol. The third kappa shape index (κ3) is 1.52. The number of aromatic nitrogens is 3. The van der Waals surface area contributed by atoms with E-state index < -0.39 is 0 Å². The summed E-state index contributed by atoms with van der Waals surface area (Å²) in [7, 11) is 0. The van der Waals surface area contributed by atoms with Gasteiger partial charge in [0.25, 0.3) is 0 Å². The number of nitrogens with zero attached hydrogens (tertiary/aromatic N) is 3. The second-order valence-electron chi connectivity index (χ2n) is 4.64. The van der Waals surface area contributed by atoms with Crippen LogP contribution in [-0.2, 0) is 12.0 Å². The van der Waals surface area contributed by atoms with Gasteiger partial charge in [-0.05, 0) is 37.5 Å². The quantitative estimate of drug-likeness (QED) is 0.817. The average Bonchev–Trinajstić information content (AvgIpc) is 3.01. The van der Waals surface area contributed by atoms with Crippen LogP contribution in [0.4, 0.5) is 5.69 Å². The zero-order chi connectivity index (χ0) is 11.9. The molecule has 88 valence electrons. The standard InChI is InChI=1S/C13H16N4/c1-2-17-9-15-16-12(17)13(7-8-13)10-3-5-11(14)6-4-10/h3-6,9H,2,7-8,14H2,1H3. The van der Waals surface area contributed by atoms with Gasteiger partial charge in [-0.1, -0.05) is 12.1 Å². The van der Waals surface area contributed by atoms with Gasteiger partial charge in [0.15, 0.2) is 0 Å². The number of benzene rings is 1. The number of rotatable bonds is 3. The van der Waals surface area contributed by atoms with Gasteiger partial charge in [0, 0.05) is 12.2 Å². The van der Waals surface area contributed by atoms with Crippen LogP contribution in [0.2, 0.25) is 0 Å². The minimum absolute atomic E-state index is 0.0835. The first-order valence-corrected chi connectivity index (χ1v) is 6.00. The number of hydrogen-bond donors (Lipinski definition) is 1. The molecule has 0 amide bonds. The van der Waals surface area contributed by atoms with E-state index in [1.54, 1.807) is 0 Å². The van der Waals surface area contributed by atoms with Crippen LogP contribution in [-0.4, -0.2) is 14.8 Å². The first kappa shape index (κ1) is 10.3. The van der Waals surface area contributed by atoms with Crippen molar-refractivity contribution >= 4 is 5.69 Å². The van der Waals surface area contributed by atoms with Gasteiger partial charge in [-0.2, -0.15) is 0 Å². The van der Waals surface area contributed by atoms with Gasteiger partial charge in [0.2, 0.25) is 0 Å². The molecule has 1 heterocycles. The summed E-state index contributed by atoms with van der Waals surface area (Å²) in [6, 6.07) is 8.14. The van der Waals surface area contributed by atoms with Crippen molar-refractivity contribution in [3.63, 3.8) is 0 Å². The van der Waals surface area contributed by atoms with Crippen molar-refractivity contribution in [2.24, 2.45) is 0 Å². The lowest BCUT2D eigenvalue weighted by Crippen LogP contribution is -2.16. The van der Waals surface area contributed by atoms with Gasteiger partial charge >= 0.3 is 0 Å². The first-order valence-electron chi connectivity index (χ1n) is 6.00. The molecule has 1 aromatic carbocycles. The van der Waals surface area contributed by atoms with E-state index >= 15 is 0 Å². The molecule has 0 unspecified atom stereocenters. The van der Waals surface area contributed by atoms with Crippen LogP contribution < -0.4 is 5.73 Å². The summed E-state index contributed by atoms with van der Waals surface area (Å²) in [4.78, 5) is 0. The molecule has 0 spiro atoms. The summed E-state index contributed by atoms with van der Waals surface area (Å²) in [6.45, 7) is 3.03. The highest BCUT2D eigenvalue weighted by molar-refractivity contribution is 5.46. The number of nitrogens with two attached hydrogens (primary N) is 1. The van der Waals surface area contributed by atoms with Crippen LogP contribution in [0, 0.1) is 0 Å². The number of anilines is 1. The fourth-order valence-electron chi connectivity index (χ4n) is 2.43. The Bertz CT molecular complexity index is 523. The molecule has 0 aliphatic heterocycles. The molecule has 4 heteroatoms. The third-order valence-electron chi connectivity index (χ3n) is 3.60. The maximum absolute atomic E-state index is 5.73. The number of hydrogen-bond acceptors (Lipinski definition) is 3. The van der Waals surface area contributed by atoms with Crippen molar-refractivity contribution in [2.45, 2.75) is 31.7 Å². The largest absolute Gasteiger partial charge is 0.399 e. The highest BCUT2D eigenvalue weighted by atomic mass is 15.3. The minimum Gasteiger partial charge on any atom is -0.399 e. The maximum atomic E-state index is 5.73. The van der Waals surface area contributed by atoms with Crippen LogP contribution in [0.1, 0.15) is 31.2 Å². The van der Waals surface area contributed by atoms with Gasteiger partial charge in [-0.15, -0.1) is 10.2 Å². The van der Waals surface area contributed by atoms with Crippen molar-refractivity contribution in [3.05, 3.63) is 42.0 Å². The summed E-state index contributed by atoms with van der Waals surface area (Å²) in [6.07, 6.45) is 4.11. The van der Waals surface area contributed by atoms with E-state index in [9.17, 15) is 0 Å². The molecule has 1 saturated carbocycles. The summed E-state index contributed by atoms with van der Waals surface area (Å²) < 4.78 is 2.13. The molecule has 1 aliphatic rings. The van der Waals surface area contributed by atoms with Crippen molar-refractivity contribution in [1.82, 2.24) is 14.8 Å². The van der Waals surface area contributed by atoms with Crippen LogP contribution in [0.5, 0.6) is 0 Å². The van der Waals surface area contributed by atoms with Crippen molar-refractivity contribution in [1.29, 1.82) is 0 Å². The zero-order valence-electron chi connectivity index (χ0n) is 9.93. The molecule has 1 aromatic heterocycles. The summed E-state index contributed by atoms with van der Waals surface area (Å²) in [5, 5.41) is 8.33. The first-order chi connectivity index (χ1) is 8.26. The molecular formula is C13H16N4. The number of aryl methyl sites for hydroxylation is 1. The van der Waals surface area contributed by atoms with Gasteiger partial charge in [-0.3, -0.25) is 0 Å². The molecule has 3 rings (SSSR count). The lowest BCUT2D eigenvalue weighted by atomic mass is 9.95. The van der Waals surface area contributed by atoms with Crippen LogP contribution in [0.3, 0.4) is 0 Å². The van der Waals surface area contributed by atoms with Gasteiger partial charge in [0.05, 0.1) is 5.41 Å². The third-order valence-corrected chi connectivity index (χ3v) is 3.60. The zero-order valence-corrected chi connectivity index (χ0v) is 9.93. The Labute approximate surface area is 100 Å². The highest BCUT2D eigenvalue weighted by Gasteiger charge is 2.49. The summed E-state index contributed by atoms with van der Waals surface area (Å²) in [5.74, 6) is 1.09. The Morgan fingerprint density at radius 2 is 2.00 bits per heavy atom. The Hall–Kier alpha value is -1.84. The van der Waals surface area contributed by atoms with Crippen LogP contribution in [0.25, 0.3) is 0 Å². The molecule has 0 radical (unpaired) electrons. The van der Waals surface area contributed by atoms with Crippen molar-refractivity contribution < 1.29 is 0 Å². The molecule has 4 nitrogen and oxygen atoms in total. The predicted octanol–water partition coefficient (Wildman–Crippen LogP) is 1.96. The maximum Gasteiger partial charge on any atom is 0.143 e. The lowest BCUT2D eigenvalue weighted by molar-refractivity contribution is 0.640. The Morgan fingerprint density at radius 1 is 1.29 bits per heavy atom. The molecule has 1 aliphatic carbocycles. The average molecular weight is 228 g/mol. The molecule has 1 fully saturated rings. The van der Waals surface area contributed by atoms with E-state index in [2.05, 4.69) is 33.8 Å². The van der Waals surface area contributed by atoms with Gasteiger partial charge in [-0.25, -0.2) is 0 Å². The molecule has 0 saturated heterocycles. The fraction of sp³-hybridized carbons (Fsp3) is 0.385. The van der Waals surface area contributed by atoms with E-state index in [0.717, 1.165) is 30.9 Å². The Kier molecular flexibility index (Phi) is 2.18. The van der Waals surface area contributed by atoms with E-state index in [-0.39, 0.29) is 5.41 Å². The summed E-state index contributed by atoms with van der Waals surface area (Å²) in [5.41, 5.74) is 7.92. The second-order valence-corrected chi connectivity index (χ2v) is 4.64. The van der Waals surface area contributed by atoms with Crippen molar-refractivity contribution in [2.75, 3.05) is 5.73 Å². The molecule has 2 N–H and O–H groups in total. The van der Waals surface area contributed by atoms with Crippen LogP contribution in [0.15, 0.2) is 30.6 Å². The Balaban J connectivity index is 2.04. The lowest BCUT2D eigenvalue weighted by Gasteiger charge is -2.15. The molecule has 0 atom stereocenters. The van der Waals surface area contributed by atoms with Gasteiger partial charge in [0.1, 0.15) is 12.2 Å². The van der Waals surface area contributed by atoms with E-state index in [0.29, 0.717) is 0 Å². The predicted molar refractivity (Wildman–Crippen MR) is 66.6 cm³/mol. The monoisotopic (exact) mass is 228 g/mol. The molecule has 17 heavy (non-hydrogen) atoms. The number of nitrogen functional groups attached to an aromatic ring is 1. The highest BCUT2D eigenvalue weighted by Crippen LogP contribution is 2.52. The minimum atomic E-state index is 0.0835. The van der Waals surface area contributed by atoms with Gasteiger partial charge < -0.3 is 10.3 Å². The topological polar surface area (TPSA) is 56.7 Å². The SMILES string of the molecule is CCn1cnnc1C1(c2ccc(N)cc2)CC1. The second kappa shape index (κ2) is 3.58. The normalized spacial score (nSPS) is 17.0. The Morgan fingerprint density at radius 3 is 2.59 bits per heavy atom. The molecule has 0 bridgehead atoms. The fourth-order valence-corrected chi connectivity index (χ4v) is 2.43. The van der Waals surface area contributed by atoms with E-state index in [4.69, 9.17) is 5.73 Å². The smallest absolute Gasteiger partial charge is 0.143 e. The van der Waals surface area contributed by atoms with E-state index in [1.807, 2.05) is 18.5 Å². The van der Waals surface area contributed by atoms with E-state index in [1.165, 1.54) is 5.56 Å². The molecule has 2 aromatic rings. The van der Waals surface area contributed by atoms with Crippen LogP contribution >= 0.6 is 0 Å². The summed E-state index contributed by atoms with van der Waals surface area (Å²) >= 11 is 0.